The smallest absolute Gasteiger partial charge is 0.386 e. The van der Waals surface area contributed by atoms with Crippen molar-refractivity contribution in [3.05, 3.63) is 82.3 Å². The summed E-state index contributed by atoms with van der Waals surface area (Å²) in [6.07, 6.45) is -4.65. The first-order chi connectivity index (χ1) is 18.9. The van der Waals surface area contributed by atoms with E-state index in [1.807, 2.05) is 11.9 Å². The Morgan fingerprint density at radius 1 is 1.10 bits per heavy atom. The summed E-state index contributed by atoms with van der Waals surface area (Å²) in [4.78, 5) is 51.2. The number of guanidine groups is 1. The van der Waals surface area contributed by atoms with Crippen molar-refractivity contribution in [2.24, 2.45) is 0 Å². The molecule has 0 spiro atoms. The van der Waals surface area contributed by atoms with Crippen LogP contribution in [0.1, 0.15) is 28.4 Å². The molecule has 0 aliphatic rings. The Hall–Kier alpha value is -4.88. The van der Waals surface area contributed by atoms with Crippen LogP contribution in [-0.4, -0.2) is 61.6 Å². The number of alkyl halides is 3. The van der Waals surface area contributed by atoms with Gasteiger partial charge in [-0.1, -0.05) is 30.3 Å². The van der Waals surface area contributed by atoms with Gasteiger partial charge in [0.05, 0.1) is 18.0 Å². The van der Waals surface area contributed by atoms with Gasteiger partial charge < -0.3 is 25.6 Å². The van der Waals surface area contributed by atoms with E-state index in [1.165, 1.54) is 28.8 Å². The second kappa shape index (κ2) is 12.8. The molecule has 2 aromatic heterocycles. The molecular formula is C26H27F3N6O5. The fourth-order valence-electron chi connectivity index (χ4n) is 3.71. The van der Waals surface area contributed by atoms with Crippen LogP contribution in [0.3, 0.4) is 0 Å². The average molecular weight is 561 g/mol. The number of pyridine rings is 2. The van der Waals surface area contributed by atoms with Crippen LogP contribution < -0.4 is 26.4 Å². The SMILES string of the molecule is CNC(=N)NCCN(C)c1ccn2c(=O)c(C(=O)NC(CC(=O)OC(=O)C(F)(F)F)c3ccccc3)ccc2c1. The highest BCUT2D eigenvalue weighted by molar-refractivity contribution is 5.95. The molecule has 0 aliphatic heterocycles. The maximum absolute atomic E-state index is 13.1. The van der Waals surface area contributed by atoms with Gasteiger partial charge in [-0.15, -0.1) is 0 Å². The number of ether oxygens (including phenoxy) is 1. The van der Waals surface area contributed by atoms with Gasteiger partial charge in [0.2, 0.25) is 0 Å². The summed E-state index contributed by atoms with van der Waals surface area (Å²) < 4.78 is 42.6. The summed E-state index contributed by atoms with van der Waals surface area (Å²) in [5.41, 5.74) is 0.699. The first-order valence-corrected chi connectivity index (χ1v) is 11.9. The zero-order valence-electron chi connectivity index (χ0n) is 21.5. The molecule has 0 aliphatic carbocycles. The lowest BCUT2D eigenvalue weighted by atomic mass is 10.0. The van der Waals surface area contributed by atoms with Crippen LogP contribution in [0.25, 0.3) is 5.52 Å². The molecule has 14 heteroatoms. The number of carbonyl (C=O) groups excluding carboxylic acids is 3. The number of nitrogens with zero attached hydrogens (tertiary/aromatic N) is 2. The highest BCUT2D eigenvalue weighted by atomic mass is 19.4. The molecule has 212 valence electrons. The summed E-state index contributed by atoms with van der Waals surface area (Å²) in [5.74, 6) is -4.85. The van der Waals surface area contributed by atoms with E-state index in [0.29, 0.717) is 24.2 Å². The lowest BCUT2D eigenvalue weighted by molar-refractivity contribution is -0.202. The summed E-state index contributed by atoms with van der Waals surface area (Å²) in [7, 11) is 3.47. The number of hydrogen-bond donors (Lipinski definition) is 4. The Balaban J connectivity index is 1.79. The van der Waals surface area contributed by atoms with Gasteiger partial charge in [-0.05, 0) is 29.8 Å². The average Bonchev–Trinajstić information content (AvgIpc) is 2.92. The zero-order valence-corrected chi connectivity index (χ0v) is 21.5. The normalized spacial score (nSPS) is 11.8. The standard InChI is InChI=1S/C26H27F3N6O5/c1-31-25(30)32-11-13-34(2)17-10-12-35-18(14-17)8-9-19(23(35)38)22(37)33-20(16-6-4-3-5-7-16)15-21(36)40-24(39)26(27,28)29/h3-10,12,14,20H,11,13,15H2,1-2H3,(H,33,37)(H3,30,31,32). The fraction of sp³-hybridized carbons (Fsp3) is 0.269. The summed E-state index contributed by atoms with van der Waals surface area (Å²) in [6.45, 7) is 1.05. The quantitative estimate of drug-likeness (QED) is 0.135. The third kappa shape index (κ3) is 7.58. The molecular weight excluding hydrogens is 533 g/mol. The van der Waals surface area contributed by atoms with Gasteiger partial charge in [0.25, 0.3) is 11.5 Å². The minimum absolute atomic E-state index is 0.186. The first-order valence-electron chi connectivity index (χ1n) is 11.9. The van der Waals surface area contributed by atoms with E-state index >= 15 is 0 Å². The fourth-order valence-corrected chi connectivity index (χ4v) is 3.71. The predicted molar refractivity (Wildman–Crippen MR) is 140 cm³/mol. The van der Waals surface area contributed by atoms with E-state index in [-0.39, 0.29) is 11.5 Å². The molecule has 11 nitrogen and oxygen atoms in total. The van der Waals surface area contributed by atoms with Crippen molar-refractivity contribution in [2.45, 2.75) is 18.6 Å². The largest absolute Gasteiger partial charge is 0.491 e. The Labute approximate surface area is 226 Å². The molecule has 1 amide bonds. The molecule has 0 radical (unpaired) electrons. The van der Waals surface area contributed by atoms with Crippen molar-refractivity contribution < 1.29 is 32.3 Å². The number of nitrogens with one attached hydrogen (secondary N) is 4. The van der Waals surface area contributed by atoms with Crippen LogP contribution in [0.4, 0.5) is 18.9 Å². The third-order valence-electron chi connectivity index (χ3n) is 5.84. The second-order valence-corrected chi connectivity index (χ2v) is 8.61. The number of benzene rings is 1. The number of hydrogen-bond acceptors (Lipinski definition) is 7. The minimum atomic E-state index is -5.36. The predicted octanol–water partition coefficient (Wildman–Crippen LogP) is 1.97. The molecule has 1 aromatic carbocycles. The number of aromatic nitrogens is 1. The molecule has 1 unspecified atom stereocenters. The maximum atomic E-state index is 13.1. The number of carbonyl (C=O) groups is 3. The van der Waals surface area contributed by atoms with Crippen molar-refractivity contribution in [2.75, 3.05) is 32.1 Å². The number of esters is 2. The van der Waals surface area contributed by atoms with Crippen LogP contribution in [0, 0.1) is 5.41 Å². The topological polar surface area (TPSA) is 145 Å². The molecule has 40 heavy (non-hydrogen) atoms. The van der Waals surface area contributed by atoms with E-state index in [2.05, 4.69) is 20.7 Å². The van der Waals surface area contributed by atoms with Crippen LogP contribution in [0.2, 0.25) is 0 Å². The molecule has 1 atom stereocenters. The Kier molecular flexibility index (Phi) is 9.48. The number of anilines is 1. The number of likely N-dealkylation sites (N-methyl/N-ethyl adjacent to an activating group) is 1. The van der Waals surface area contributed by atoms with E-state index in [0.717, 1.165) is 5.69 Å². The van der Waals surface area contributed by atoms with Gasteiger partial charge in [0, 0.05) is 39.1 Å². The lowest BCUT2D eigenvalue weighted by Crippen LogP contribution is -2.38. The molecule has 0 fully saturated rings. The van der Waals surface area contributed by atoms with Gasteiger partial charge in [-0.2, -0.15) is 13.2 Å². The van der Waals surface area contributed by atoms with Crippen molar-refractivity contribution in [3.8, 4) is 0 Å². The number of amides is 1. The molecule has 4 N–H and O–H groups in total. The van der Waals surface area contributed by atoms with Crippen LogP contribution >= 0.6 is 0 Å². The Bertz CT molecular complexity index is 1460. The zero-order chi connectivity index (χ0) is 29.4. The molecule has 3 aromatic rings. The molecule has 2 heterocycles. The van der Waals surface area contributed by atoms with Crippen molar-refractivity contribution >= 4 is 35.0 Å². The molecule has 0 bridgehead atoms. The van der Waals surface area contributed by atoms with Gasteiger partial charge in [-0.3, -0.25) is 24.2 Å². The summed E-state index contributed by atoms with van der Waals surface area (Å²) in [5, 5.41) is 15.6. The molecule has 0 saturated carbocycles. The monoisotopic (exact) mass is 560 g/mol. The van der Waals surface area contributed by atoms with Gasteiger partial charge >= 0.3 is 18.1 Å². The van der Waals surface area contributed by atoms with Crippen LogP contribution in [0.5, 0.6) is 0 Å². The molecule has 0 saturated heterocycles. The number of fused-ring (bicyclic) bond motifs is 1. The van der Waals surface area contributed by atoms with E-state index < -0.39 is 42.0 Å². The Morgan fingerprint density at radius 3 is 2.45 bits per heavy atom. The van der Waals surface area contributed by atoms with E-state index in [1.54, 1.807) is 43.4 Å². The minimum Gasteiger partial charge on any atom is -0.386 e. The lowest BCUT2D eigenvalue weighted by Gasteiger charge is -2.21. The van der Waals surface area contributed by atoms with Crippen LogP contribution in [-0.2, 0) is 14.3 Å². The van der Waals surface area contributed by atoms with Gasteiger partial charge in [-0.25, -0.2) is 4.79 Å². The van der Waals surface area contributed by atoms with Crippen molar-refractivity contribution in [3.63, 3.8) is 0 Å². The number of halogens is 3. The molecule has 3 rings (SSSR count). The summed E-state index contributed by atoms with van der Waals surface area (Å²) >= 11 is 0. The van der Waals surface area contributed by atoms with Crippen LogP contribution in [0.15, 0.2) is 65.6 Å². The highest BCUT2D eigenvalue weighted by Gasteiger charge is 2.42. The highest BCUT2D eigenvalue weighted by Crippen LogP contribution is 2.21. The van der Waals surface area contributed by atoms with Gasteiger partial charge in [0.15, 0.2) is 5.96 Å². The summed E-state index contributed by atoms with van der Waals surface area (Å²) in [6, 6.07) is 13.0. The van der Waals surface area contributed by atoms with E-state index in [9.17, 15) is 32.3 Å². The van der Waals surface area contributed by atoms with E-state index in [4.69, 9.17) is 5.41 Å². The maximum Gasteiger partial charge on any atom is 0.491 e. The van der Waals surface area contributed by atoms with Crippen molar-refractivity contribution in [1.82, 2.24) is 20.4 Å². The van der Waals surface area contributed by atoms with Crippen molar-refractivity contribution in [1.29, 1.82) is 5.41 Å². The third-order valence-corrected chi connectivity index (χ3v) is 5.84. The van der Waals surface area contributed by atoms with Gasteiger partial charge in [0.1, 0.15) is 5.56 Å². The Morgan fingerprint density at radius 2 is 1.80 bits per heavy atom. The first kappa shape index (κ1) is 29.7. The second-order valence-electron chi connectivity index (χ2n) is 8.61. The number of rotatable bonds is 9.